The van der Waals surface area contributed by atoms with Crippen LogP contribution in [0.5, 0.6) is 0 Å². The van der Waals surface area contributed by atoms with E-state index in [-0.39, 0.29) is 0 Å². The molecule has 0 amide bonds. The summed E-state index contributed by atoms with van der Waals surface area (Å²) in [5, 5.41) is 4.48. The number of benzene rings is 1. The van der Waals surface area contributed by atoms with E-state index in [4.69, 9.17) is 0 Å². The molecule has 3 unspecified atom stereocenters. The number of rotatable bonds is 3. The second-order valence-electron chi connectivity index (χ2n) is 6.30. The molecule has 1 saturated carbocycles. The molecule has 1 heterocycles. The Hall–Kier alpha value is -1.09. The molecule has 1 aromatic carbocycles. The maximum absolute atomic E-state index is 4.48. The summed E-state index contributed by atoms with van der Waals surface area (Å²) in [5.74, 6) is 1.40. The van der Waals surface area contributed by atoms with Gasteiger partial charge in [0.25, 0.3) is 0 Å². The highest BCUT2D eigenvalue weighted by Crippen LogP contribution is 2.40. The molecule has 1 fully saturated rings. The zero-order chi connectivity index (χ0) is 14.8. The van der Waals surface area contributed by atoms with E-state index in [0.717, 1.165) is 12.1 Å². The Morgan fingerprint density at radius 1 is 1.24 bits per heavy atom. The molecule has 0 N–H and O–H groups in total. The Labute approximate surface area is 135 Å². The number of alkyl halides is 1. The van der Waals surface area contributed by atoms with E-state index in [1.54, 1.807) is 0 Å². The third kappa shape index (κ3) is 3.39. The largest absolute Gasteiger partial charge is 0.272 e. The Bertz CT molecular complexity index is 591. The van der Waals surface area contributed by atoms with Crippen LogP contribution in [-0.2, 0) is 13.5 Å². The minimum atomic E-state index is 0.632. The van der Waals surface area contributed by atoms with Crippen molar-refractivity contribution in [2.24, 2.45) is 13.0 Å². The third-order valence-corrected chi connectivity index (χ3v) is 5.94. The highest BCUT2D eigenvalue weighted by molar-refractivity contribution is 9.09. The van der Waals surface area contributed by atoms with Crippen LogP contribution in [0.2, 0.25) is 0 Å². The zero-order valence-corrected chi connectivity index (χ0v) is 14.4. The van der Waals surface area contributed by atoms with Gasteiger partial charge < -0.3 is 0 Å². The van der Waals surface area contributed by atoms with E-state index in [1.165, 1.54) is 30.5 Å². The summed E-state index contributed by atoms with van der Waals surface area (Å²) in [6.07, 6.45) is 4.95. The fourth-order valence-electron chi connectivity index (χ4n) is 3.59. The maximum Gasteiger partial charge on any atom is 0.0596 e. The highest BCUT2D eigenvalue weighted by atomic mass is 79.9. The lowest BCUT2D eigenvalue weighted by Gasteiger charge is -2.33. The van der Waals surface area contributed by atoms with Crippen molar-refractivity contribution in [1.29, 1.82) is 0 Å². The molecule has 3 rings (SSSR count). The average molecular weight is 347 g/mol. The van der Waals surface area contributed by atoms with Crippen LogP contribution in [0.25, 0.3) is 0 Å². The van der Waals surface area contributed by atoms with Crippen LogP contribution in [0.4, 0.5) is 0 Å². The topological polar surface area (TPSA) is 17.8 Å². The first-order valence-electron chi connectivity index (χ1n) is 7.82. The SMILES string of the molecule is Cc1cc(CC2CC(c3ccccc3)CCC2Br)n(C)n1. The molecule has 1 aliphatic carbocycles. The number of hydrogen-bond acceptors (Lipinski definition) is 1. The Kier molecular flexibility index (Phi) is 4.48. The summed E-state index contributed by atoms with van der Waals surface area (Å²) in [6, 6.07) is 13.2. The summed E-state index contributed by atoms with van der Waals surface area (Å²) >= 11 is 3.91. The minimum absolute atomic E-state index is 0.632. The predicted octanol–water partition coefficient (Wildman–Crippen LogP) is 4.62. The molecule has 0 radical (unpaired) electrons. The van der Waals surface area contributed by atoms with Crippen molar-refractivity contribution in [1.82, 2.24) is 9.78 Å². The molecule has 0 spiro atoms. The first-order chi connectivity index (χ1) is 10.1. The van der Waals surface area contributed by atoms with Crippen LogP contribution in [0.1, 0.15) is 42.1 Å². The molecule has 2 aromatic rings. The van der Waals surface area contributed by atoms with Gasteiger partial charge in [0.15, 0.2) is 0 Å². The van der Waals surface area contributed by atoms with Crippen LogP contribution < -0.4 is 0 Å². The van der Waals surface area contributed by atoms with Gasteiger partial charge in [-0.3, -0.25) is 4.68 Å². The van der Waals surface area contributed by atoms with Crippen molar-refractivity contribution in [2.45, 2.75) is 43.4 Å². The Morgan fingerprint density at radius 3 is 2.67 bits per heavy atom. The lowest BCUT2D eigenvalue weighted by atomic mass is 9.76. The lowest BCUT2D eigenvalue weighted by molar-refractivity contribution is 0.330. The van der Waals surface area contributed by atoms with Gasteiger partial charge in [-0.25, -0.2) is 0 Å². The van der Waals surface area contributed by atoms with Crippen LogP contribution >= 0.6 is 15.9 Å². The first kappa shape index (κ1) is 14.8. The summed E-state index contributed by atoms with van der Waals surface area (Å²) < 4.78 is 2.04. The molecule has 1 aliphatic rings. The van der Waals surface area contributed by atoms with Gasteiger partial charge in [-0.2, -0.15) is 5.10 Å². The van der Waals surface area contributed by atoms with Crippen LogP contribution in [0, 0.1) is 12.8 Å². The van der Waals surface area contributed by atoms with Crippen LogP contribution in [-0.4, -0.2) is 14.6 Å². The molecule has 2 nitrogen and oxygen atoms in total. The van der Waals surface area contributed by atoms with E-state index < -0.39 is 0 Å². The number of nitrogens with zero attached hydrogens (tertiary/aromatic N) is 2. The number of aromatic nitrogens is 2. The van der Waals surface area contributed by atoms with Gasteiger partial charge in [-0.15, -0.1) is 0 Å². The van der Waals surface area contributed by atoms with Crippen molar-refractivity contribution in [3.05, 3.63) is 53.3 Å². The molecule has 112 valence electrons. The quantitative estimate of drug-likeness (QED) is 0.741. The molecule has 0 saturated heterocycles. The summed E-state index contributed by atoms with van der Waals surface area (Å²) in [7, 11) is 2.06. The molecule has 0 aliphatic heterocycles. The minimum Gasteiger partial charge on any atom is -0.272 e. The van der Waals surface area contributed by atoms with Crippen molar-refractivity contribution in [2.75, 3.05) is 0 Å². The molecular formula is C18H23BrN2. The van der Waals surface area contributed by atoms with Crippen LogP contribution in [0.15, 0.2) is 36.4 Å². The predicted molar refractivity (Wildman–Crippen MR) is 90.9 cm³/mol. The standard InChI is InChI=1S/C18H23BrN2/c1-13-10-17(21(2)20-13)12-16-11-15(8-9-18(16)19)14-6-4-3-5-7-14/h3-7,10,15-16,18H,8-9,11-12H2,1-2H3. The van der Waals surface area contributed by atoms with Gasteiger partial charge in [0.2, 0.25) is 0 Å². The molecule has 1 aromatic heterocycles. The maximum atomic E-state index is 4.48. The third-order valence-electron chi connectivity index (χ3n) is 4.73. The smallest absolute Gasteiger partial charge is 0.0596 e. The van der Waals surface area contributed by atoms with E-state index >= 15 is 0 Å². The van der Waals surface area contributed by atoms with Gasteiger partial charge in [0, 0.05) is 17.6 Å². The van der Waals surface area contributed by atoms with Crippen molar-refractivity contribution >= 4 is 15.9 Å². The fourth-order valence-corrected chi connectivity index (χ4v) is 4.26. The summed E-state index contributed by atoms with van der Waals surface area (Å²) in [6.45, 7) is 2.07. The molecule has 0 bridgehead atoms. The van der Waals surface area contributed by atoms with E-state index in [0.29, 0.717) is 16.7 Å². The molecular weight excluding hydrogens is 324 g/mol. The Balaban J connectivity index is 1.73. The van der Waals surface area contributed by atoms with Gasteiger partial charge in [-0.05, 0) is 56.1 Å². The second-order valence-corrected chi connectivity index (χ2v) is 7.48. The summed E-state index contributed by atoms with van der Waals surface area (Å²) in [4.78, 5) is 0.632. The number of aryl methyl sites for hydroxylation is 2. The van der Waals surface area contributed by atoms with Gasteiger partial charge in [-0.1, -0.05) is 46.3 Å². The fraction of sp³-hybridized carbons (Fsp3) is 0.500. The van der Waals surface area contributed by atoms with Gasteiger partial charge in [0.05, 0.1) is 5.69 Å². The molecule has 3 heteroatoms. The van der Waals surface area contributed by atoms with Crippen molar-refractivity contribution in [3.63, 3.8) is 0 Å². The number of halogens is 1. The second kappa shape index (κ2) is 6.35. The monoisotopic (exact) mass is 346 g/mol. The van der Waals surface area contributed by atoms with Crippen LogP contribution in [0.3, 0.4) is 0 Å². The van der Waals surface area contributed by atoms with Gasteiger partial charge in [0.1, 0.15) is 0 Å². The lowest BCUT2D eigenvalue weighted by Crippen LogP contribution is -2.26. The highest BCUT2D eigenvalue weighted by Gasteiger charge is 2.30. The summed E-state index contributed by atoms with van der Waals surface area (Å²) in [5.41, 5.74) is 3.98. The first-order valence-corrected chi connectivity index (χ1v) is 8.73. The molecule has 3 atom stereocenters. The zero-order valence-electron chi connectivity index (χ0n) is 12.8. The van der Waals surface area contributed by atoms with Crippen molar-refractivity contribution in [3.8, 4) is 0 Å². The average Bonchev–Trinajstić information content (AvgIpc) is 2.80. The van der Waals surface area contributed by atoms with E-state index in [1.807, 2.05) is 4.68 Å². The van der Waals surface area contributed by atoms with Gasteiger partial charge >= 0.3 is 0 Å². The number of hydrogen-bond donors (Lipinski definition) is 0. The Morgan fingerprint density at radius 2 is 2.00 bits per heavy atom. The van der Waals surface area contributed by atoms with E-state index in [2.05, 4.69) is 71.4 Å². The normalized spacial score (nSPS) is 26.0. The molecule has 21 heavy (non-hydrogen) atoms. The van der Waals surface area contributed by atoms with Crippen molar-refractivity contribution < 1.29 is 0 Å². The van der Waals surface area contributed by atoms with E-state index in [9.17, 15) is 0 Å².